The van der Waals surface area contributed by atoms with Crippen LogP contribution >= 0.6 is 0 Å². The van der Waals surface area contributed by atoms with Crippen molar-refractivity contribution in [2.45, 2.75) is 76.6 Å². The van der Waals surface area contributed by atoms with E-state index in [1.54, 1.807) is 0 Å². The molecular weight excluding hydrogens is 347 g/mol. The first-order valence-corrected chi connectivity index (χ1v) is 9.45. The molecular formula is C17H26F3N5O. The lowest BCUT2D eigenvalue weighted by Gasteiger charge is -2.31. The quantitative estimate of drug-likeness (QED) is 0.852. The van der Waals surface area contributed by atoms with Gasteiger partial charge in [-0.1, -0.05) is 12.8 Å². The van der Waals surface area contributed by atoms with E-state index < -0.39 is 24.2 Å². The molecule has 6 nitrogen and oxygen atoms in total. The van der Waals surface area contributed by atoms with E-state index >= 15 is 0 Å². The van der Waals surface area contributed by atoms with Crippen molar-refractivity contribution in [2.75, 3.05) is 6.54 Å². The van der Waals surface area contributed by atoms with Crippen LogP contribution in [0.2, 0.25) is 0 Å². The van der Waals surface area contributed by atoms with Crippen molar-refractivity contribution in [3.05, 3.63) is 11.6 Å². The van der Waals surface area contributed by atoms with Gasteiger partial charge in [-0.05, 0) is 32.1 Å². The first kappa shape index (κ1) is 19.0. The maximum absolute atomic E-state index is 12.8. The first-order valence-electron chi connectivity index (χ1n) is 9.45. The Bertz CT molecular complexity index is 616. The van der Waals surface area contributed by atoms with Crippen LogP contribution in [0.1, 0.15) is 56.6 Å². The largest absolute Gasteiger partial charge is 0.391 e. The normalized spacial score (nSPS) is 23.8. The zero-order valence-electron chi connectivity index (χ0n) is 14.8. The number of fused-ring (bicyclic) bond motifs is 1. The third-order valence-electron chi connectivity index (χ3n) is 5.29. The molecule has 1 aliphatic heterocycles. The monoisotopic (exact) mass is 373 g/mol. The zero-order valence-corrected chi connectivity index (χ0v) is 14.8. The number of aromatic nitrogens is 3. The van der Waals surface area contributed by atoms with E-state index in [2.05, 4.69) is 25.4 Å². The van der Waals surface area contributed by atoms with Crippen molar-refractivity contribution in [1.82, 2.24) is 25.4 Å². The summed E-state index contributed by atoms with van der Waals surface area (Å²) in [5, 5.41) is 13.8. The maximum atomic E-state index is 12.8. The average molecular weight is 373 g/mol. The summed E-state index contributed by atoms with van der Waals surface area (Å²) in [6.07, 6.45) is 1.94. The molecule has 1 aromatic rings. The molecule has 0 radical (unpaired) electrons. The van der Waals surface area contributed by atoms with Gasteiger partial charge in [-0.25, -0.2) is 4.79 Å². The van der Waals surface area contributed by atoms with Gasteiger partial charge in [0.1, 0.15) is 11.6 Å². The Morgan fingerprint density at radius 1 is 1.15 bits per heavy atom. The molecule has 3 rings (SSSR count). The minimum Gasteiger partial charge on any atom is -0.338 e. The first-order chi connectivity index (χ1) is 12.4. The summed E-state index contributed by atoms with van der Waals surface area (Å²) in [4.78, 5) is 12.0. The highest BCUT2D eigenvalue weighted by molar-refractivity contribution is 5.74. The molecule has 0 spiro atoms. The third kappa shape index (κ3) is 4.88. The molecule has 2 atom stereocenters. The molecule has 2 amide bonds. The van der Waals surface area contributed by atoms with E-state index in [4.69, 9.17) is 0 Å². The number of urea groups is 1. The molecule has 1 aliphatic carbocycles. The molecule has 0 saturated heterocycles. The number of carbonyl (C=O) groups is 1. The lowest BCUT2D eigenvalue weighted by atomic mass is 9.85. The van der Waals surface area contributed by atoms with Crippen LogP contribution in [0.4, 0.5) is 18.0 Å². The van der Waals surface area contributed by atoms with Crippen LogP contribution in [0.3, 0.4) is 0 Å². The number of amides is 2. The molecule has 2 unspecified atom stereocenters. The van der Waals surface area contributed by atoms with Crippen LogP contribution in [-0.2, 0) is 19.4 Å². The number of rotatable bonds is 4. The number of aryl methyl sites for hydroxylation is 1. The van der Waals surface area contributed by atoms with Gasteiger partial charge in [-0.3, -0.25) is 0 Å². The van der Waals surface area contributed by atoms with E-state index in [0.717, 1.165) is 37.5 Å². The maximum Gasteiger partial charge on any atom is 0.391 e. The van der Waals surface area contributed by atoms with Crippen LogP contribution in [0.15, 0.2) is 0 Å². The van der Waals surface area contributed by atoms with Gasteiger partial charge in [0.05, 0.1) is 5.92 Å². The molecule has 1 saturated carbocycles. The molecule has 2 heterocycles. The van der Waals surface area contributed by atoms with Gasteiger partial charge in [-0.15, -0.1) is 10.2 Å². The van der Waals surface area contributed by atoms with Crippen LogP contribution in [0.5, 0.6) is 0 Å². The predicted octanol–water partition coefficient (Wildman–Crippen LogP) is 2.97. The smallest absolute Gasteiger partial charge is 0.338 e. The minimum atomic E-state index is -4.18. The van der Waals surface area contributed by atoms with Crippen molar-refractivity contribution in [1.29, 1.82) is 0 Å². The van der Waals surface area contributed by atoms with Gasteiger partial charge in [0, 0.05) is 32.0 Å². The van der Waals surface area contributed by atoms with Gasteiger partial charge in [-0.2, -0.15) is 13.2 Å². The molecule has 0 bridgehead atoms. The lowest BCUT2D eigenvalue weighted by molar-refractivity contribution is -0.183. The molecule has 146 valence electrons. The number of alkyl halides is 3. The Balaban J connectivity index is 1.43. The topological polar surface area (TPSA) is 71.8 Å². The predicted molar refractivity (Wildman–Crippen MR) is 89.6 cm³/mol. The summed E-state index contributed by atoms with van der Waals surface area (Å²) < 4.78 is 40.6. The summed E-state index contributed by atoms with van der Waals surface area (Å²) in [7, 11) is 0. The second-order valence-corrected chi connectivity index (χ2v) is 7.25. The number of nitrogens with one attached hydrogen (secondary N) is 2. The number of nitrogens with zero attached hydrogens (tertiary/aromatic N) is 3. The lowest BCUT2D eigenvalue weighted by Crippen LogP contribution is -2.46. The fourth-order valence-corrected chi connectivity index (χ4v) is 3.87. The second-order valence-electron chi connectivity index (χ2n) is 7.25. The van der Waals surface area contributed by atoms with Gasteiger partial charge in [0.2, 0.25) is 0 Å². The summed E-state index contributed by atoms with van der Waals surface area (Å²) in [5.74, 6) is 0.548. The van der Waals surface area contributed by atoms with Crippen LogP contribution in [0, 0.1) is 5.92 Å². The van der Waals surface area contributed by atoms with Gasteiger partial charge in [0.25, 0.3) is 0 Å². The number of hydrogen-bond donors (Lipinski definition) is 2. The fourth-order valence-electron chi connectivity index (χ4n) is 3.87. The highest BCUT2D eigenvalue weighted by Crippen LogP contribution is 2.37. The Morgan fingerprint density at radius 2 is 2.00 bits per heavy atom. The number of halogens is 3. The van der Waals surface area contributed by atoms with Gasteiger partial charge >= 0.3 is 12.2 Å². The highest BCUT2D eigenvalue weighted by Gasteiger charge is 2.42. The summed E-state index contributed by atoms with van der Waals surface area (Å²) in [6, 6.07) is -0.826. The second kappa shape index (κ2) is 8.26. The summed E-state index contributed by atoms with van der Waals surface area (Å²) in [5.41, 5.74) is 0. The molecule has 2 N–H and O–H groups in total. The minimum absolute atomic E-state index is 0.0331. The van der Waals surface area contributed by atoms with Crippen LogP contribution in [-0.4, -0.2) is 39.6 Å². The zero-order chi connectivity index (χ0) is 18.6. The average Bonchev–Trinajstić information content (AvgIpc) is 2.82. The van der Waals surface area contributed by atoms with Crippen molar-refractivity contribution in [3.8, 4) is 0 Å². The number of hydrogen-bond acceptors (Lipinski definition) is 3. The SMILES string of the molecule is O=C(NCCc1nnc2n1CCCCC2)NC1CCCC(C(F)(F)F)C1. The summed E-state index contributed by atoms with van der Waals surface area (Å²) >= 11 is 0. The Hall–Kier alpha value is -1.80. The van der Waals surface area contributed by atoms with Gasteiger partial charge < -0.3 is 15.2 Å². The molecule has 26 heavy (non-hydrogen) atoms. The molecule has 1 aromatic heterocycles. The molecule has 1 fully saturated rings. The van der Waals surface area contributed by atoms with Gasteiger partial charge in [0.15, 0.2) is 0 Å². The van der Waals surface area contributed by atoms with Crippen LogP contribution < -0.4 is 10.6 Å². The van der Waals surface area contributed by atoms with E-state index in [-0.39, 0.29) is 12.8 Å². The highest BCUT2D eigenvalue weighted by atomic mass is 19.4. The van der Waals surface area contributed by atoms with E-state index in [1.165, 1.54) is 6.42 Å². The van der Waals surface area contributed by atoms with E-state index in [0.29, 0.717) is 25.8 Å². The van der Waals surface area contributed by atoms with E-state index in [9.17, 15) is 18.0 Å². The van der Waals surface area contributed by atoms with Crippen molar-refractivity contribution >= 4 is 6.03 Å². The number of carbonyl (C=O) groups excluding carboxylic acids is 1. The van der Waals surface area contributed by atoms with E-state index in [1.807, 2.05) is 0 Å². The molecule has 0 aromatic carbocycles. The van der Waals surface area contributed by atoms with Crippen molar-refractivity contribution < 1.29 is 18.0 Å². The Kier molecular flexibility index (Phi) is 6.03. The summed E-state index contributed by atoms with van der Waals surface area (Å²) in [6.45, 7) is 1.30. The van der Waals surface area contributed by atoms with Crippen molar-refractivity contribution in [2.24, 2.45) is 5.92 Å². The fraction of sp³-hybridized carbons (Fsp3) is 0.824. The van der Waals surface area contributed by atoms with Crippen molar-refractivity contribution in [3.63, 3.8) is 0 Å². The Morgan fingerprint density at radius 3 is 2.81 bits per heavy atom. The van der Waals surface area contributed by atoms with Crippen LogP contribution in [0.25, 0.3) is 0 Å². The molecule has 2 aliphatic rings. The third-order valence-corrected chi connectivity index (χ3v) is 5.29. The molecule has 9 heteroatoms. The standard InChI is InChI=1S/C17H26F3N5O/c18-17(19,20)12-5-4-6-13(11-12)22-16(26)21-9-8-15-24-23-14-7-2-1-3-10-25(14)15/h12-13H,1-11H2,(H2,21,22,26). The Labute approximate surface area is 150 Å².